The maximum Gasteiger partial charge on any atom is 1.00 e. The molecule has 2 aromatic rings. The summed E-state index contributed by atoms with van der Waals surface area (Å²) in [5, 5.41) is 14.1. The number of sulfone groups is 1. The quantitative estimate of drug-likeness (QED) is 0.436. The maximum atomic E-state index is 13.1. The van der Waals surface area contributed by atoms with Gasteiger partial charge in [-0.1, -0.05) is 30.1 Å². The fourth-order valence-corrected chi connectivity index (χ4v) is 7.08. The molecule has 166 valence electrons. The molecule has 0 saturated carbocycles. The first kappa shape index (κ1) is 28.7. The molecule has 1 aromatic carbocycles. The maximum absolute atomic E-state index is 13.1. The third kappa shape index (κ3) is 6.84. The predicted octanol–water partition coefficient (Wildman–Crippen LogP) is 0.506. The van der Waals surface area contributed by atoms with Gasteiger partial charge in [-0.05, 0) is 66.9 Å². The van der Waals surface area contributed by atoms with Crippen LogP contribution in [0.1, 0.15) is 41.4 Å². The van der Waals surface area contributed by atoms with E-state index in [1.54, 1.807) is 36.6 Å². The van der Waals surface area contributed by atoms with Crippen LogP contribution in [0.5, 0.6) is 5.75 Å². The number of ether oxygens (including phenoxy) is 1. The molecular formula is C20H24Cl2NNaO5S2. The zero-order valence-corrected chi connectivity index (χ0v) is 22.8. The number of hydrogen-bond donors (Lipinski definition) is 1. The Morgan fingerprint density at radius 1 is 1.29 bits per heavy atom. The largest absolute Gasteiger partial charge is 1.00 e. The summed E-state index contributed by atoms with van der Waals surface area (Å²) in [4.78, 5) is 11.6. The molecule has 6 nitrogen and oxygen atoms in total. The minimum atomic E-state index is -3.72. The van der Waals surface area contributed by atoms with Crippen LogP contribution in [0.4, 0.5) is 0 Å². The minimum Gasteiger partial charge on any atom is -0.544 e. The first-order valence-corrected chi connectivity index (χ1v) is 12.8. The predicted molar refractivity (Wildman–Crippen MR) is 119 cm³/mol. The molecule has 2 N–H and O–H groups in total. The van der Waals surface area contributed by atoms with E-state index < -0.39 is 26.5 Å². The van der Waals surface area contributed by atoms with E-state index in [2.05, 4.69) is 0 Å². The van der Waals surface area contributed by atoms with Crippen LogP contribution in [0.15, 0.2) is 29.6 Å². The van der Waals surface area contributed by atoms with Crippen molar-refractivity contribution in [3.05, 3.63) is 50.1 Å². The van der Waals surface area contributed by atoms with Crippen molar-refractivity contribution in [1.82, 2.24) is 0 Å². The Balaban J connectivity index is 0.00000480. The SMILES string of the molecule is CC(CCOc1cc(Cl)cc(Cl)c1)C(CCCN)(c1ccsc1C(=O)[O-])S(C)(=O)=O.[Na+]. The Morgan fingerprint density at radius 3 is 2.42 bits per heavy atom. The van der Waals surface area contributed by atoms with Gasteiger partial charge in [-0.2, -0.15) is 0 Å². The molecule has 0 saturated heterocycles. The average molecular weight is 516 g/mol. The van der Waals surface area contributed by atoms with Crippen LogP contribution in [0.2, 0.25) is 10.0 Å². The monoisotopic (exact) mass is 515 g/mol. The Kier molecular flexibility index (Phi) is 11.3. The zero-order chi connectivity index (χ0) is 22.5. The number of carbonyl (C=O) groups excluding carboxylic acids is 1. The van der Waals surface area contributed by atoms with Crippen LogP contribution in [0, 0.1) is 5.92 Å². The van der Waals surface area contributed by atoms with Gasteiger partial charge in [0.15, 0.2) is 9.84 Å². The van der Waals surface area contributed by atoms with Crippen LogP contribution < -0.4 is 45.1 Å². The molecule has 2 unspecified atom stereocenters. The Hall–Kier alpha value is -0.320. The molecule has 2 atom stereocenters. The van der Waals surface area contributed by atoms with Gasteiger partial charge in [0.25, 0.3) is 0 Å². The van der Waals surface area contributed by atoms with E-state index in [1.165, 1.54) is 0 Å². The summed E-state index contributed by atoms with van der Waals surface area (Å²) >= 11 is 12.9. The summed E-state index contributed by atoms with van der Waals surface area (Å²) in [6.45, 7) is 2.26. The molecular weight excluding hydrogens is 492 g/mol. The molecule has 0 spiro atoms. The number of carboxylic acids is 1. The topological polar surface area (TPSA) is 110 Å². The molecule has 0 bridgehead atoms. The van der Waals surface area contributed by atoms with Gasteiger partial charge in [0.05, 0.1) is 17.5 Å². The smallest absolute Gasteiger partial charge is 0.544 e. The molecule has 0 amide bonds. The second-order valence-corrected chi connectivity index (χ2v) is 11.2. The number of aromatic carboxylic acids is 1. The van der Waals surface area contributed by atoms with E-state index in [9.17, 15) is 18.3 Å². The van der Waals surface area contributed by atoms with Crippen LogP contribution in [0.25, 0.3) is 0 Å². The molecule has 0 aliphatic carbocycles. The second kappa shape index (κ2) is 12.2. The normalized spacial score (nSPS) is 14.4. The summed E-state index contributed by atoms with van der Waals surface area (Å²) in [5.74, 6) is -1.38. The van der Waals surface area contributed by atoms with Gasteiger partial charge < -0.3 is 20.4 Å². The van der Waals surface area contributed by atoms with Gasteiger partial charge in [-0.25, -0.2) is 8.42 Å². The van der Waals surface area contributed by atoms with Crippen LogP contribution >= 0.6 is 34.5 Å². The van der Waals surface area contributed by atoms with Crippen LogP contribution in [0.3, 0.4) is 0 Å². The number of carbonyl (C=O) groups is 1. The van der Waals surface area contributed by atoms with Crippen LogP contribution in [-0.4, -0.2) is 33.8 Å². The number of hydrogen-bond acceptors (Lipinski definition) is 7. The van der Waals surface area contributed by atoms with E-state index in [0.29, 0.717) is 28.6 Å². The first-order chi connectivity index (χ1) is 14.0. The standard InChI is InChI=1S/C20H25Cl2NO5S2.Na/c1-13(4-8-28-16-11-14(21)10-15(22)12-16)20(6-3-7-23,30(2,26)27)17-5-9-29-18(17)19(24)25;/h5,9-13H,3-4,6-8,23H2,1-2H3,(H,24,25);/q;+1/p-1. The minimum absolute atomic E-state index is 0. The Bertz CT molecular complexity index is 979. The molecule has 11 heteroatoms. The molecule has 0 radical (unpaired) electrons. The first-order valence-electron chi connectivity index (χ1n) is 9.30. The van der Waals surface area contributed by atoms with Gasteiger partial charge in [0, 0.05) is 16.3 Å². The molecule has 0 fully saturated rings. The van der Waals surface area contributed by atoms with Crippen molar-refractivity contribution in [2.75, 3.05) is 19.4 Å². The summed E-state index contributed by atoms with van der Waals surface area (Å²) in [6, 6.07) is 6.37. The molecule has 0 aliphatic rings. The van der Waals surface area contributed by atoms with E-state index in [-0.39, 0.29) is 59.6 Å². The number of carboxylic acid groups (broad SMARTS) is 1. The van der Waals surface area contributed by atoms with Gasteiger partial charge in [-0.3, -0.25) is 0 Å². The van der Waals surface area contributed by atoms with E-state index >= 15 is 0 Å². The Morgan fingerprint density at radius 2 is 1.90 bits per heavy atom. The summed E-state index contributed by atoms with van der Waals surface area (Å²) < 4.78 is 30.5. The van der Waals surface area contributed by atoms with Gasteiger partial charge >= 0.3 is 29.6 Å². The molecule has 1 aromatic heterocycles. The van der Waals surface area contributed by atoms with Crippen molar-refractivity contribution < 1.29 is 52.6 Å². The second-order valence-electron chi connectivity index (χ2n) is 7.15. The van der Waals surface area contributed by atoms with Gasteiger partial charge in [-0.15, -0.1) is 11.3 Å². The van der Waals surface area contributed by atoms with Crippen molar-refractivity contribution in [1.29, 1.82) is 0 Å². The van der Waals surface area contributed by atoms with Gasteiger partial charge in [0.2, 0.25) is 0 Å². The number of nitrogens with two attached hydrogens (primary N) is 1. The third-order valence-electron chi connectivity index (χ3n) is 5.17. The molecule has 0 aliphatic heterocycles. The van der Waals surface area contributed by atoms with Crippen molar-refractivity contribution in [2.24, 2.45) is 11.7 Å². The third-order valence-corrected chi connectivity index (χ3v) is 8.65. The van der Waals surface area contributed by atoms with Crippen molar-refractivity contribution in [3.8, 4) is 5.75 Å². The molecule has 2 rings (SSSR count). The number of thiophene rings is 1. The summed E-state index contributed by atoms with van der Waals surface area (Å²) in [5.41, 5.74) is 5.92. The zero-order valence-electron chi connectivity index (χ0n) is 17.7. The fraction of sp³-hybridized carbons (Fsp3) is 0.450. The number of halogens is 2. The number of benzene rings is 1. The van der Waals surface area contributed by atoms with Gasteiger partial charge in [0.1, 0.15) is 10.5 Å². The van der Waals surface area contributed by atoms with Crippen molar-refractivity contribution >= 4 is 50.3 Å². The fourth-order valence-electron chi connectivity index (χ4n) is 3.76. The summed E-state index contributed by atoms with van der Waals surface area (Å²) in [6.07, 6.45) is 2.10. The van der Waals surface area contributed by atoms with Crippen molar-refractivity contribution in [3.63, 3.8) is 0 Å². The van der Waals surface area contributed by atoms with E-state index in [0.717, 1.165) is 17.6 Å². The molecule has 1 heterocycles. The molecule has 31 heavy (non-hydrogen) atoms. The van der Waals surface area contributed by atoms with Crippen molar-refractivity contribution in [2.45, 2.75) is 30.9 Å². The average Bonchev–Trinajstić information content (AvgIpc) is 3.10. The number of rotatable bonds is 11. The Labute approximate surface area is 219 Å². The van der Waals surface area contributed by atoms with E-state index in [1.807, 2.05) is 0 Å². The summed E-state index contributed by atoms with van der Waals surface area (Å²) in [7, 11) is -3.72. The van der Waals surface area contributed by atoms with E-state index in [4.69, 9.17) is 33.7 Å². The van der Waals surface area contributed by atoms with Crippen LogP contribution in [-0.2, 0) is 14.6 Å².